The van der Waals surface area contributed by atoms with Crippen LogP contribution in [-0.2, 0) is 19.4 Å². The Balaban J connectivity index is 1.96. The summed E-state index contributed by atoms with van der Waals surface area (Å²) in [5.41, 5.74) is 0. The molecule has 0 radical (unpaired) electrons. The molecule has 1 atom stereocenters. The maximum Gasteiger partial charge on any atom is 0.317 e. The van der Waals surface area contributed by atoms with E-state index in [4.69, 9.17) is 9.84 Å². The number of carboxylic acids is 1. The molecule has 0 bridgehead atoms. The Morgan fingerprint density at radius 1 is 1.37 bits per heavy atom. The predicted octanol–water partition coefficient (Wildman–Crippen LogP) is 0.128. The molecule has 1 aliphatic heterocycles. The lowest BCUT2D eigenvalue weighted by Gasteiger charge is -2.44. The maximum atomic E-state index is 11.5. The molecule has 0 spiro atoms. The van der Waals surface area contributed by atoms with Gasteiger partial charge in [0.2, 0.25) is 0 Å². The lowest BCUT2D eigenvalue weighted by Crippen LogP contribution is -2.54. The zero-order valence-electron chi connectivity index (χ0n) is 11.1. The first-order chi connectivity index (χ1) is 8.91. The van der Waals surface area contributed by atoms with Crippen molar-refractivity contribution in [3.8, 4) is 0 Å². The Morgan fingerprint density at radius 2 is 2.05 bits per heavy atom. The molecule has 1 aliphatic carbocycles. The number of sulfone groups is 1. The second-order valence-electron chi connectivity index (χ2n) is 5.33. The summed E-state index contributed by atoms with van der Waals surface area (Å²) in [5, 5.41) is 8.99. The number of aliphatic carboxylic acids is 1. The number of carboxylic acid groups (broad SMARTS) is 1. The van der Waals surface area contributed by atoms with Crippen LogP contribution in [-0.4, -0.2) is 67.2 Å². The molecule has 1 heterocycles. The zero-order chi connectivity index (χ0) is 14.0. The minimum Gasteiger partial charge on any atom is -0.480 e. The molecule has 1 saturated carbocycles. The third kappa shape index (κ3) is 3.67. The molecular formula is C12H21NO5S. The molecule has 0 aromatic rings. The number of ether oxygens (including phenoxy) is 1. The maximum absolute atomic E-state index is 11.5. The lowest BCUT2D eigenvalue weighted by atomic mass is 9.86. The van der Waals surface area contributed by atoms with E-state index >= 15 is 0 Å². The molecule has 0 aromatic carbocycles. The highest BCUT2D eigenvalue weighted by Crippen LogP contribution is 2.32. The van der Waals surface area contributed by atoms with Gasteiger partial charge in [-0.3, -0.25) is 9.69 Å². The molecule has 2 aliphatic rings. The molecule has 0 aromatic heterocycles. The van der Waals surface area contributed by atoms with E-state index in [0.717, 1.165) is 12.8 Å². The number of hydrogen-bond donors (Lipinski definition) is 1. The monoisotopic (exact) mass is 291 g/mol. The predicted molar refractivity (Wildman–Crippen MR) is 69.8 cm³/mol. The van der Waals surface area contributed by atoms with Crippen molar-refractivity contribution in [1.29, 1.82) is 0 Å². The van der Waals surface area contributed by atoms with Crippen molar-refractivity contribution in [1.82, 2.24) is 4.90 Å². The molecule has 2 fully saturated rings. The fourth-order valence-electron chi connectivity index (χ4n) is 2.93. The summed E-state index contributed by atoms with van der Waals surface area (Å²) in [6.07, 6.45) is 2.35. The Kier molecular flexibility index (Phi) is 4.47. The van der Waals surface area contributed by atoms with Gasteiger partial charge in [0, 0.05) is 18.7 Å². The third-order valence-corrected chi connectivity index (χ3v) is 5.69. The Bertz CT molecular complexity index is 429. The normalized spacial score (nSPS) is 33.3. The van der Waals surface area contributed by atoms with E-state index in [1.165, 1.54) is 0 Å². The van der Waals surface area contributed by atoms with E-state index in [1.807, 2.05) is 11.8 Å². The summed E-state index contributed by atoms with van der Waals surface area (Å²) < 4.78 is 28.5. The highest BCUT2D eigenvalue weighted by molar-refractivity contribution is 7.91. The third-order valence-electron chi connectivity index (χ3n) is 3.94. The summed E-state index contributed by atoms with van der Waals surface area (Å²) in [4.78, 5) is 12.8. The second-order valence-corrected chi connectivity index (χ2v) is 7.55. The average molecular weight is 291 g/mol. The van der Waals surface area contributed by atoms with Crippen LogP contribution in [0.25, 0.3) is 0 Å². The lowest BCUT2D eigenvalue weighted by molar-refractivity contribution is -0.142. The van der Waals surface area contributed by atoms with Gasteiger partial charge in [-0.25, -0.2) is 8.42 Å². The van der Waals surface area contributed by atoms with E-state index in [0.29, 0.717) is 13.0 Å². The Labute approximate surface area is 113 Å². The average Bonchev–Trinajstić information content (AvgIpc) is 2.60. The van der Waals surface area contributed by atoms with Gasteiger partial charge in [0.1, 0.15) is 0 Å². The largest absolute Gasteiger partial charge is 0.480 e. The number of rotatable bonds is 6. The van der Waals surface area contributed by atoms with Crippen molar-refractivity contribution in [2.24, 2.45) is 0 Å². The molecule has 1 N–H and O–H groups in total. The minimum atomic E-state index is -2.98. The minimum absolute atomic E-state index is 0.0797. The van der Waals surface area contributed by atoms with Gasteiger partial charge in [0.15, 0.2) is 9.84 Å². The fraction of sp³-hybridized carbons (Fsp3) is 0.917. The van der Waals surface area contributed by atoms with Crippen molar-refractivity contribution >= 4 is 15.8 Å². The summed E-state index contributed by atoms with van der Waals surface area (Å²) >= 11 is 0. The van der Waals surface area contributed by atoms with Gasteiger partial charge in [-0.05, 0) is 26.2 Å². The van der Waals surface area contributed by atoms with Crippen LogP contribution in [0.5, 0.6) is 0 Å². The first-order valence-electron chi connectivity index (χ1n) is 6.71. The fourth-order valence-corrected chi connectivity index (χ4v) is 4.67. The first-order valence-corrected chi connectivity index (χ1v) is 8.53. The van der Waals surface area contributed by atoms with E-state index in [9.17, 15) is 13.2 Å². The van der Waals surface area contributed by atoms with Gasteiger partial charge in [0.25, 0.3) is 0 Å². The molecule has 7 heteroatoms. The van der Waals surface area contributed by atoms with Gasteiger partial charge in [-0.2, -0.15) is 0 Å². The van der Waals surface area contributed by atoms with Crippen LogP contribution in [0.2, 0.25) is 0 Å². The molecule has 1 saturated heterocycles. The molecule has 6 nitrogen and oxygen atoms in total. The van der Waals surface area contributed by atoms with E-state index in [2.05, 4.69) is 0 Å². The topological polar surface area (TPSA) is 83.9 Å². The molecule has 0 amide bonds. The van der Waals surface area contributed by atoms with Crippen LogP contribution in [0, 0.1) is 0 Å². The van der Waals surface area contributed by atoms with Crippen molar-refractivity contribution in [3.05, 3.63) is 0 Å². The van der Waals surface area contributed by atoms with Crippen molar-refractivity contribution < 1.29 is 23.1 Å². The Hall–Kier alpha value is -0.660. The van der Waals surface area contributed by atoms with Crippen molar-refractivity contribution in [2.45, 2.75) is 44.4 Å². The molecule has 1 unspecified atom stereocenters. The van der Waals surface area contributed by atoms with Gasteiger partial charge in [-0.1, -0.05) is 0 Å². The summed E-state index contributed by atoms with van der Waals surface area (Å²) in [5.74, 6) is -0.630. The van der Waals surface area contributed by atoms with Gasteiger partial charge >= 0.3 is 5.97 Å². The second kappa shape index (κ2) is 5.76. The van der Waals surface area contributed by atoms with E-state index in [1.54, 1.807) is 0 Å². The highest BCUT2D eigenvalue weighted by Gasteiger charge is 2.41. The number of hydrogen-bond acceptors (Lipinski definition) is 5. The standard InChI is InChI=1S/C12H21NO5S/c1-2-18-11-5-10(6-11)13(7-12(14)15)9-3-4-19(16,17)8-9/h9-11H,2-8H2,1H3,(H,14,15). The van der Waals surface area contributed by atoms with Crippen LogP contribution >= 0.6 is 0 Å². The number of carbonyl (C=O) groups is 1. The van der Waals surface area contributed by atoms with Gasteiger partial charge < -0.3 is 9.84 Å². The molecule has 19 heavy (non-hydrogen) atoms. The smallest absolute Gasteiger partial charge is 0.317 e. The quantitative estimate of drug-likeness (QED) is 0.749. The van der Waals surface area contributed by atoms with Crippen molar-refractivity contribution in [2.75, 3.05) is 24.7 Å². The SMILES string of the molecule is CCOC1CC(N(CC(=O)O)C2CCS(=O)(=O)C2)C1. The molecule has 110 valence electrons. The van der Waals surface area contributed by atoms with Gasteiger partial charge in [0.05, 0.1) is 24.2 Å². The Morgan fingerprint density at radius 3 is 2.53 bits per heavy atom. The van der Waals surface area contributed by atoms with Crippen molar-refractivity contribution in [3.63, 3.8) is 0 Å². The summed E-state index contributed by atoms with van der Waals surface area (Å²) in [7, 11) is -2.98. The summed E-state index contributed by atoms with van der Waals surface area (Å²) in [6.45, 7) is 2.52. The molecule has 2 rings (SSSR count). The zero-order valence-corrected chi connectivity index (χ0v) is 11.9. The molecular weight excluding hydrogens is 270 g/mol. The van der Waals surface area contributed by atoms with Gasteiger partial charge in [-0.15, -0.1) is 0 Å². The van der Waals surface area contributed by atoms with Crippen LogP contribution in [0.3, 0.4) is 0 Å². The van der Waals surface area contributed by atoms with Crippen LogP contribution < -0.4 is 0 Å². The highest BCUT2D eigenvalue weighted by atomic mass is 32.2. The van der Waals surface area contributed by atoms with E-state index in [-0.39, 0.29) is 36.2 Å². The number of nitrogens with zero attached hydrogens (tertiary/aromatic N) is 1. The van der Waals surface area contributed by atoms with E-state index < -0.39 is 15.8 Å². The van der Waals surface area contributed by atoms with Crippen LogP contribution in [0.1, 0.15) is 26.2 Å². The van der Waals surface area contributed by atoms with Crippen LogP contribution in [0.15, 0.2) is 0 Å². The van der Waals surface area contributed by atoms with Crippen LogP contribution in [0.4, 0.5) is 0 Å². The summed E-state index contributed by atoms with van der Waals surface area (Å²) in [6, 6.07) is -0.000346. The first kappa shape index (κ1) is 14.7.